The Morgan fingerprint density at radius 1 is 1.08 bits per heavy atom. The van der Waals surface area contributed by atoms with Crippen LogP contribution in [-0.2, 0) is 24.0 Å². The van der Waals surface area contributed by atoms with Gasteiger partial charge in [-0.2, -0.15) is 0 Å². The molecule has 1 aliphatic heterocycles. The van der Waals surface area contributed by atoms with Crippen molar-refractivity contribution in [2.45, 2.75) is 32.2 Å². The summed E-state index contributed by atoms with van der Waals surface area (Å²) in [5.74, 6) is 2.36. The van der Waals surface area contributed by atoms with Crippen molar-refractivity contribution in [3.05, 3.63) is 76.9 Å². The molecular formula is C22H20N2O2. The molecule has 4 heteroatoms. The van der Waals surface area contributed by atoms with Crippen LogP contribution in [0.5, 0.6) is 0 Å². The molecule has 0 spiro atoms. The van der Waals surface area contributed by atoms with Crippen LogP contribution in [0.4, 0.5) is 0 Å². The van der Waals surface area contributed by atoms with E-state index in [2.05, 4.69) is 49.4 Å². The highest BCUT2D eigenvalue weighted by molar-refractivity contribution is 5.80. The van der Waals surface area contributed by atoms with Crippen LogP contribution in [0.1, 0.15) is 41.3 Å². The third kappa shape index (κ3) is 2.53. The second-order valence-corrected chi connectivity index (χ2v) is 6.79. The van der Waals surface area contributed by atoms with Crippen LogP contribution >= 0.6 is 0 Å². The van der Waals surface area contributed by atoms with Crippen LogP contribution in [0.2, 0.25) is 0 Å². The summed E-state index contributed by atoms with van der Waals surface area (Å²) < 4.78 is 11.8. The topological polar surface area (TPSA) is 47.6 Å². The van der Waals surface area contributed by atoms with E-state index in [-0.39, 0.29) is 6.04 Å². The molecule has 0 saturated heterocycles. The fraction of sp³-hybridized carbons (Fsp3) is 0.273. The highest BCUT2D eigenvalue weighted by Crippen LogP contribution is 2.36. The zero-order valence-corrected chi connectivity index (χ0v) is 14.7. The molecule has 0 saturated carbocycles. The molecule has 1 aliphatic carbocycles. The molecule has 1 atom stereocenters. The number of rotatable bonds is 4. The molecule has 26 heavy (non-hydrogen) atoms. The van der Waals surface area contributed by atoms with Gasteiger partial charge in [0.05, 0.1) is 0 Å². The van der Waals surface area contributed by atoms with E-state index in [9.17, 15) is 0 Å². The minimum atomic E-state index is 0.0729. The Bertz CT molecular complexity index is 1000. The number of oxazole rings is 1. The predicted molar refractivity (Wildman–Crippen MR) is 100 cm³/mol. The lowest BCUT2D eigenvalue weighted by atomic mass is 10.00. The molecule has 1 aromatic heterocycles. The maximum absolute atomic E-state index is 5.98. The molecule has 2 heterocycles. The minimum absolute atomic E-state index is 0.0729. The number of benzene rings is 2. The van der Waals surface area contributed by atoms with E-state index in [1.54, 1.807) is 0 Å². The fourth-order valence-corrected chi connectivity index (χ4v) is 3.87. The molecule has 0 bridgehead atoms. The first kappa shape index (κ1) is 15.4. The molecule has 2 aromatic carbocycles. The smallest absolute Gasteiger partial charge is 0.204 e. The average Bonchev–Trinajstić information content (AvgIpc) is 3.36. The van der Waals surface area contributed by atoms with Gasteiger partial charge in [0.15, 0.2) is 5.90 Å². The third-order valence-corrected chi connectivity index (χ3v) is 5.17. The molecule has 4 nitrogen and oxygen atoms in total. The number of fused-ring (bicyclic) bond motifs is 3. The first-order valence-corrected chi connectivity index (χ1v) is 9.16. The Morgan fingerprint density at radius 3 is 2.85 bits per heavy atom. The summed E-state index contributed by atoms with van der Waals surface area (Å²) in [5, 5.41) is 0. The summed E-state index contributed by atoms with van der Waals surface area (Å²) in [6.07, 6.45) is 2.34. The normalized spacial score (nSPS) is 17.6. The van der Waals surface area contributed by atoms with Crippen LogP contribution in [0.15, 0.2) is 57.9 Å². The molecule has 3 aromatic rings. The number of nitrogens with zero attached hydrogens (tertiary/aromatic N) is 2. The van der Waals surface area contributed by atoms with Gasteiger partial charge in [-0.15, -0.1) is 0 Å². The summed E-state index contributed by atoms with van der Waals surface area (Å²) in [5.41, 5.74) is 6.03. The Labute approximate surface area is 152 Å². The maximum atomic E-state index is 5.98. The van der Waals surface area contributed by atoms with Crippen molar-refractivity contribution in [3.8, 4) is 11.3 Å². The number of aryl methyl sites for hydroxylation is 1. The van der Waals surface area contributed by atoms with Crippen LogP contribution in [0.25, 0.3) is 11.3 Å². The monoisotopic (exact) mass is 344 g/mol. The molecule has 5 rings (SSSR count). The molecule has 2 aliphatic rings. The van der Waals surface area contributed by atoms with E-state index < -0.39 is 0 Å². The van der Waals surface area contributed by atoms with Crippen molar-refractivity contribution in [1.29, 1.82) is 0 Å². The fourth-order valence-electron chi connectivity index (χ4n) is 3.87. The van der Waals surface area contributed by atoms with E-state index in [1.807, 2.05) is 6.07 Å². The molecule has 130 valence electrons. The Balaban J connectivity index is 1.37. The minimum Gasteiger partial charge on any atom is -0.478 e. The molecular weight excluding hydrogens is 324 g/mol. The zero-order chi connectivity index (χ0) is 17.5. The number of hydrogen-bond donors (Lipinski definition) is 0. The quantitative estimate of drug-likeness (QED) is 0.547. The van der Waals surface area contributed by atoms with Crippen LogP contribution < -0.4 is 0 Å². The van der Waals surface area contributed by atoms with Crippen LogP contribution in [0, 0.1) is 0 Å². The van der Waals surface area contributed by atoms with Crippen molar-refractivity contribution in [3.63, 3.8) is 0 Å². The van der Waals surface area contributed by atoms with E-state index in [0.29, 0.717) is 24.8 Å². The second kappa shape index (κ2) is 6.13. The highest BCUT2D eigenvalue weighted by atomic mass is 16.5. The first-order valence-electron chi connectivity index (χ1n) is 9.16. The van der Waals surface area contributed by atoms with Gasteiger partial charge >= 0.3 is 0 Å². The van der Waals surface area contributed by atoms with E-state index in [4.69, 9.17) is 19.1 Å². The van der Waals surface area contributed by atoms with Crippen molar-refractivity contribution < 1.29 is 9.15 Å². The third-order valence-electron chi connectivity index (χ3n) is 5.17. The second-order valence-electron chi connectivity index (χ2n) is 6.79. The lowest BCUT2D eigenvalue weighted by Gasteiger charge is -2.10. The van der Waals surface area contributed by atoms with Crippen molar-refractivity contribution in [2.24, 2.45) is 4.99 Å². The number of ether oxygens (including phenoxy) is 1. The van der Waals surface area contributed by atoms with E-state index in [0.717, 1.165) is 24.3 Å². The zero-order valence-electron chi connectivity index (χ0n) is 14.7. The van der Waals surface area contributed by atoms with Gasteiger partial charge in [-0.25, -0.2) is 9.98 Å². The number of aromatic nitrogens is 1. The van der Waals surface area contributed by atoms with E-state index in [1.165, 1.54) is 22.3 Å². The van der Waals surface area contributed by atoms with Crippen molar-refractivity contribution in [1.82, 2.24) is 4.98 Å². The largest absolute Gasteiger partial charge is 0.478 e. The number of aliphatic imine (C=N–C) groups is 1. The summed E-state index contributed by atoms with van der Waals surface area (Å²) in [4.78, 5) is 9.48. The average molecular weight is 344 g/mol. The molecule has 0 fully saturated rings. The van der Waals surface area contributed by atoms with Crippen LogP contribution in [0.3, 0.4) is 0 Å². The Kier molecular flexibility index (Phi) is 3.63. The first-order chi connectivity index (χ1) is 12.8. The Hall–Kier alpha value is -2.88. The molecule has 0 N–H and O–H groups in total. The van der Waals surface area contributed by atoms with Crippen molar-refractivity contribution in [2.75, 3.05) is 6.61 Å². The Morgan fingerprint density at radius 2 is 1.92 bits per heavy atom. The van der Waals surface area contributed by atoms with Gasteiger partial charge in [-0.3, -0.25) is 0 Å². The van der Waals surface area contributed by atoms with Gasteiger partial charge in [0.25, 0.3) is 0 Å². The summed E-state index contributed by atoms with van der Waals surface area (Å²) in [6.45, 7) is 2.76. The van der Waals surface area contributed by atoms with Crippen LogP contribution in [-0.4, -0.2) is 17.5 Å². The maximum Gasteiger partial charge on any atom is 0.204 e. The lowest BCUT2D eigenvalue weighted by Crippen LogP contribution is -2.04. The van der Waals surface area contributed by atoms with Crippen molar-refractivity contribution >= 4 is 5.90 Å². The standard InChI is InChI=1S/C22H20N2O2/c1-2-14-7-3-5-9-16(14)18-13-25-20(23-18)12-21-24-22-17-10-6-4-8-15(17)11-19(22)26-21/h3-10,18H,2,11-13H2,1H3. The molecule has 0 amide bonds. The highest BCUT2D eigenvalue weighted by Gasteiger charge is 2.27. The predicted octanol–water partition coefficient (Wildman–Crippen LogP) is 4.52. The van der Waals surface area contributed by atoms with E-state index >= 15 is 0 Å². The molecule has 1 unspecified atom stereocenters. The number of hydrogen-bond acceptors (Lipinski definition) is 4. The van der Waals surface area contributed by atoms with Gasteiger partial charge in [-0.1, -0.05) is 55.5 Å². The summed E-state index contributed by atoms with van der Waals surface area (Å²) >= 11 is 0. The van der Waals surface area contributed by atoms with Gasteiger partial charge in [0, 0.05) is 12.0 Å². The van der Waals surface area contributed by atoms with Gasteiger partial charge in [-0.05, 0) is 23.1 Å². The SMILES string of the molecule is CCc1ccccc1C1COC(Cc2nc3c(o2)Cc2ccccc2-3)=N1. The molecule has 0 radical (unpaired) electrons. The van der Waals surface area contributed by atoms with Gasteiger partial charge < -0.3 is 9.15 Å². The van der Waals surface area contributed by atoms with Gasteiger partial charge in [0.2, 0.25) is 5.89 Å². The summed E-state index contributed by atoms with van der Waals surface area (Å²) in [7, 11) is 0. The lowest BCUT2D eigenvalue weighted by molar-refractivity contribution is 0.310. The summed E-state index contributed by atoms with van der Waals surface area (Å²) in [6, 6.07) is 16.9. The van der Waals surface area contributed by atoms with Gasteiger partial charge in [0.1, 0.15) is 30.5 Å².